The van der Waals surface area contributed by atoms with Crippen LogP contribution >= 0.6 is 15.9 Å². The minimum absolute atomic E-state index is 1.18. The number of halogens is 1. The van der Waals surface area contributed by atoms with E-state index < -0.39 is 8.07 Å². The van der Waals surface area contributed by atoms with Gasteiger partial charge in [-0.2, -0.15) is 0 Å². The van der Waals surface area contributed by atoms with Gasteiger partial charge in [-0.25, -0.2) is 0 Å². The highest BCUT2D eigenvalue weighted by atomic mass is 79.9. The van der Waals surface area contributed by atoms with E-state index in [1.807, 2.05) is 0 Å². The molecule has 2 heteroatoms. The number of fused-ring (bicyclic) bond motifs is 3. The average molecular weight is 303 g/mol. The van der Waals surface area contributed by atoms with E-state index in [4.69, 9.17) is 0 Å². The van der Waals surface area contributed by atoms with E-state index in [1.165, 1.54) is 21.2 Å². The number of aryl methyl sites for hydroxylation is 1. The lowest BCUT2D eigenvalue weighted by Crippen LogP contribution is -2.49. The van der Waals surface area contributed by atoms with Crippen LogP contribution in [0.25, 0.3) is 11.1 Å². The summed E-state index contributed by atoms with van der Waals surface area (Å²) in [7, 11) is -1.45. The molecule has 0 amide bonds. The number of rotatable bonds is 0. The van der Waals surface area contributed by atoms with Crippen LogP contribution in [0.3, 0.4) is 0 Å². The zero-order valence-corrected chi connectivity index (χ0v) is 12.9. The van der Waals surface area contributed by atoms with Gasteiger partial charge in [-0.05, 0) is 40.6 Å². The van der Waals surface area contributed by atoms with E-state index in [0.29, 0.717) is 0 Å². The molecule has 3 rings (SSSR count). The van der Waals surface area contributed by atoms with Crippen molar-refractivity contribution in [1.29, 1.82) is 0 Å². The Balaban J connectivity index is 2.39. The Hall–Kier alpha value is -0.863. The number of hydrogen-bond donors (Lipinski definition) is 0. The first-order valence-corrected chi connectivity index (χ1v) is 9.71. The summed E-state index contributed by atoms with van der Waals surface area (Å²) in [6.07, 6.45) is 0. The molecule has 1 aliphatic rings. The SMILES string of the molecule is Cc1ccc2c(c1)-c1cc(Br)ccc1[Si]2(C)C. The molecule has 2 aromatic carbocycles. The molecule has 0 saturated heterocycles. The molecular weight excluding hydrogens is 288 g/mol. The molecule has 0 nitrogen and oxygen atoms in total. The molecule has 0 bridgehead atoms. The van der Waals surface area contributed by atoms with Crippen molar-refractivity contribution in [3.8, 4) is 11.1 Å². The van der Waals surface area contributed by atoms with Gasteiger partial charge >= 0.3 is 0 Å². The molecule has 0 N–H and O–H groups in total. The van der Waals surface area contributed by atoms with Gasteiger partial charge in [-0.1, -0.05) is 58.9 Å². The van der Waals surface area contributed by atoms with E-state index >= 15 is 0 Å². The van der Waals surface area contributed by atoms with Crippen molar-refractivity contribution in [2.24, 2.45) is 0 Å². The zero-order valence-electron chi connectivity index (χ0n) is 10.3. The van der Waals surface area contributed by atoms with Crippen LogP contribution in [0, 0.1) is 6.92 Å². The molecule has 0 spiro atoms. The van der Waals surface area contributed by atoms with Crippen LogP contribution in [0.1, 0.15) is 5.56 Å². The largest absolute Gasteiger partial charge is 0.113 e. The van der Waals surface area contributed by atoms with Crippen molar-refractivity contribution >= 4 is 34.4 Å². The molecule has 17 heavy (non-hydrogen) atoms. The van der Waals surface area contributed by atoms with Crippen molar-refractivity contribution in [2.75, 3.05) is 0 Å². The van der Waals surface area contributed by atoms with Gasteiger partial charge < -0.3 is 0 Å². The fourth-order valence-corrected chi connectivity index (χ4v) is 6.27. The third-order valence-corrected chi connectivity index (χ3v) is 7.85. The van der Waals surface area contributed by atoms with Crippen LogP contribution in [0.5, 0.6) is 0 Å². The van der Waals surface area contributed by atoms with Gasteiger partial charge in [0.2, 0.25) is 0 Å². The lowest BCUT2D eigenvalue weighted by atomic mass is 10.0. The van der Waals surface area contributed by atoms with Gasteiger partial charge in [0, 0.05) is 4.47 Å². The van der Waals surface area contributed by atoms with Crippen molar-refractivity contribution in [2.45, 2.75) is 20.0 Å². The summed E-state index contributed by atoms with van der Waals surface area (Å²) in [6.45, 7) is 7.06. The third kappa shape index (κ3) is 1.54. The quantitative estimate of drug-likeness (QED) is 0.653. The molecule has 0 fully saturated rings. The third-order valence-electron chi connectivity index (χ3n) is 3.79. The van der Waals surface area contributed by atoms with Crippen molar-refractivity contribution < 1.29 is 0 Å². The van der Waals surface area contributed by atoms with E-state index in [2.05, 4.69) is 72.3 Å². The Kier molecular flexibility index (Phi) is 2.36. The summed E-state index contributed by atoms with van der Waals surface area (Å²) < 4.78 is 1.18. The summed E-state index contributed by atoms with van der Waals surface area (Å²) in [6, 6.07) is 13.7. The number of hydrogen-bond acceptors (Lipinski definition) is 0. The topological polar surface area (TPSA) is 0 Å². The van der Waals surface area contributed by atoms with Crippen LogP contribution in [0.4, 0.5) is 0 Å². The summed E-state index contributed by atoms with van der Waals surface area (Å²) in [5.41, 5.74) is 4.24. The van der Waals surface area contributed by atoms with Crippen LogP contribution in [0.15, 0.2) is 40.9 Å². The standard InChI is InChI=1S/C15H15BrSi/c1-10-4-6-14-12(8-10)13-9-11(16)5-7-15(13)17(14,2)3/h4-9H,1-3H3. The molecule has 0 atom stereocenters. The van der Waals surface area contributed by atoms with Gasteiger partial charge in [-0.15, -0.1) is 0 Å². The van der Waals surface area contributed by atoms with Crippen LogP contribution in [0.2, 0.25) is 13.1 Å². The molecule has 0 aromatic heterocycles. The Morgan fingerprint density at radius 3 is 2.18 bits per heavy atom. The van der Waals surface area contributed by atoms with Gasteiger partial charge in [0.1, 0.15) is 8.07 Å². The van der Waals surface area contributed by atoms with E-state index in [-0.39, 0.29) is 0 Å². The Morgan fingerprint density at radius 1 is 0.882 bits per heavy atom. The Labute approximate surface area is 112 Å². The second kappa shape index (κ2) is 3.56. The van der Waals surface area contributed by atoms with Gasteiger partial charge in [0.15, 0.2) is 0 Å². The molecule has 0 unspecified atom stereocenters. The first-order valence-electron chi connectivity index (χ1n) is 5.92. The predicted molar refractivity (Wildman–Crippen MR) is 81.1 cm³/mol. The highest BCUT2D eigenvalue weighted by molar-refractivity contribution is 9.10. The lowest BCUT2D eigenvalue weighted by Gasteiger charge is -2.18. The summed E-state index contributed by atoms with van der Waals surface area (Å²) >= 11 is 3.59. The zero-order chi connectivity index (χ0) is 12.2. The monoisotopic (exact) mass is 302 g/mol. The minimum atomic E-state index is -1.45. The minimum Gasteiger partial charge on any atom is -0.0617 e. The molecule has 1 heterocycles. The van der Waals surface area contributed by atoms with Gasteiger partial charge in [-0.3, -0.25) is 0 Å². The fourth-order valence-electron chi connectivity index (χ4n) is 2.86. The van der Waals surface area contributed by atoms with Crippen molar-refractivity contribution in [1.82, 2.24) is 0 Å². The van der Waals surface area contributed by atoms with E-state index in [1.54, 1.807) is 10.4 Å². The van der Waals surface area contributed by atoms with Gasteiger partial charge in [0.05, 0.1) is 0 Å². The Morgan fingerprint density at radius 2 is 1.47 bits per heavy atom. The first kappa shape index (κ1) is 11.2. The number of benzene rings is 2. The normalized spacial score (nSPS) is 15.5. The molecule has 0 radical (unpaired) electrons. The molecule has 1 aliphatic heterocycles. The smallest absolute Gasteiger partial charge is 0.0617 e. The molecule has 2 aromatic rings. The maximum absolute atomic E-state index is 3.59. The molecule has 0 aliphatic carbocycles. The molecule has 0 saturated carbocycles. The lowest BCUT2D eigenvalue weighted by molar-refractivity contribution is 1.49. The van der Waals surface area contributed by atoms with Gasteiger partial charge in [0.25, 0.3) is 0 Å². The second-order valence-electron chi connectivity index (χ2n) is 5.36. The highest BCUT2D eigenvalue weighted by Gasteiger charge is 2.37. The summed E-state index contributed by atoms with van der Waals surface area (Å²) in [5.74, 6) is 0. The molecular formula is C15H15BrSi. The van der Waals surface area contributed by atoms with E-state index in [0.717, 1.165) is 0 Å². The average Bonchev–Trinajstić information content (AvgIpc) is 2.47. The van der Waals surface area contributed by atoms with Crippen LogP contribution in [-0.4, -0.2) is 8.07 Å². The van der Waals surface area contributed by atoms with Crippen molar-refractivity contribution in [3.05, 3.63) is 46.4 Å². The molecule has 86 valence electrons. The van der Waals surface area contributed by atoms with Crippen molar-refractivity contribution in [3.63, 3.8) is 0 Å². The second-order valence-corrected chi connectivity index (χ2v) is 10.6. The maximum atomic E-state index is 3.59. The maximum Gasteiger partial charge on any atom is 0.113 e. The highest BCUT2D eigenvalue weighted by Crippen LogP contribution is 2.30. The fraction of sp³-hybridized carbons (Fsp3) is 0.200. The van der Waals surface area contributed by atoms with Crippen LogP contribution in [-0.2, 0) is 0 Å². The summed E-state index contributed by atoms with van der Waals surface area (Å²) in [4.78, 5) is 0. The summed E-state index contributed by atoms with van der Waals surface area (Å²) in [5, 5.41) is 3.15. The first-order chi connectivity index (χ1) is 8.00. The van der Waals surface area contributed by atoms with Crippen LogP contribution < -0.4 is 10.4 Å². The Bertz CT molecular complexity index is 561. The predicted octanol–water partition coefficient (Wildman–Crippen LogP) is 3.56. The van der Waals surface area contributed by atoms with E-state index in [9.17, 15) is 0 Å².